The average Bonchev–Trinajstić information content (AvgIpc) is 2.46. The molecule has 1 aromatic heterocycles. The van der Waals surface area contributed by atoms with E-state index in [1.807, 2.05) is 39.0 Å². The Labute approximate surface area is 123 Å². The minimum Gasteiger partial charge on any atom is -0.307 e. The van der Waals surface area contributed by atoms with E-state index in [1.165, 1.54) is 23.9 Å². The summed E-state index contributed by atoms with van der Waals surface area (Å²) in [7, 11) is 1.54. The summed E-state index contributed by atoms with van der Waals surface area (Å²) in [6.45, 7) is 6.42. The van der Waals surface area contributed by atoms with Gasteiger partial charge in [0.2, 0.25) is 0 Å². The normalized spacial score (nSPS) is 10.5. The Balaban J connectivity index is 2.45. The molecule has 1 heterocycles. The topological polar surface area (TPSA) is 55.2 Å². The van der Waals surface area contributed by atoms with Crippen LogP contribution in [-0.2, 0) is 7.05 Å². The summed E-state index contributed by atoms with van der Waals surface area (Å²) in [5, 5.41) is 4.03. The van der Waals surface area contributed by atoms with E-state index in [4.69, 9.17) is 0 Å². The fourth-order valence-corrected chi connectivity index (χ4v) is 2.19. The number of carbonyl (C=O) groups excluding carboxylic acids is 1. The van der Waals surface area contributed by atoms with E-state index in [0.29, 0.717) is 6.54 Å². The van der Waals surface area contributed by atoms with Crippen molar-refractivity contribution < 1.29 is 4.79 Å². The number of aromatic nitrogens is 2. The molecular formula is C16H19N3O2. The zero-order valence-corrected chi connectivity index (χ0v) is 12.8. The first-order valence-electron chi connectivity index (χ1n) is 6.87. The van der Waals surface area contributed by atoms with Crippen LogP contribution in [0.5, 0.6) is 0 Å². The molecule has 2 rings (SSSR count). The van der Waals surface area contributed by atoms with Crippen molar-refractivity contribution in [3.8, 4) is 0 Å². The van der Waals surface area contributed by atoms with Gasteiger partial charge < -0.3 is 4.90 Å². The lowest BCUT2D eigenvalue weighted by molar-refractivity contribution is 0.0981. The lowest BCUT2D eigenvalue weighted by Gasteiger charge is -2.23. The van der Waals surface area contributed by atoms with Crippen molar-refractivity contribution in [2.45, 2.75) is 20.8 Å². The molecule has 0 radical (unpaired) electrons. The van der Waals surface area contributed by atoms with Gasteiger partial charge in [0, 0.05) is 25.3 Å². The molecule has 2 aromatic rings. The lowest BCUT2D eigenvalue weighted by Crippen LogP contribution is -2.33. The Morgan fingerprint density at radius 1 is 1.24 bits per heavy atom. The van der Waals surface area contributed by atoms with Gasteiger partial charge in [-0.15, -0.1) is 0 Å². The number of carbonyl (C=O) groups is 1. The molecule has 0 unspecified atom stereocenters. The van der Waals surface area contributed by atoms with Crippen LogP contribution >= 0.6 is 0 Å². The van der Waals surface area contributed by atoms with Gasteiger partial charge in [-0.2, -0.15) is 5.10 Å². The third kappa shape index (κ3) is 3.02. The standard InChI is InChI=1S/C16H19N3O2/c1-5-19(14-10-11(2)6-7-12(14)3)16(21)13-8-9-15(20)18(4)17-13/h6-10H,5H2,1-4H3. The number of amides is 1. The first-order chi connectivity index (χ1) is 9.93. The van der Waals surface area contributed by atoms with E-state index in [-0.39, 0.29) is 17.2 Å². The molecule has 0 atom stereocenters. The second-order valence-corrected chi connectivity index (χ2v) is 5.02. The highest BCUT2D eigenvalue weighted by atomic mass is 16.2. The summed E-state index contributed by atoms with van der Waals surface area (Å²) in [6.07, 6.45) is 0. The van der Waals surface area contributed by atoms with Crippen LogP contribution in [0.15, 0.2) is 35.1 Å². The third-order valence-electron chi connectivity index (χ3n) is 3.40. The van der Waals surface area contributed by atoms with Crippen molar-refractivity contribution in [1.82, 2.24) is 9.78 Å². The predicted octanol–water partition coefficient (Wildman–Crippen LogP) is 2.06. The van der Waals surface area contributed by atoms with E-state index in [1.54, 1.807) is 4.90 Å². The third-order valence-corrected chi connectivity index (χ3v) is 3.40. The van der Waals surface area contributed by atoms with Crippen molar-refractivity contribution in [2.24, 2.45) is 7.05 Å². The molecule has 0 N–H and O–H groups in total. The Morgan fingerprint density at radius 2 is 1.95 bits per heavy atom. The number of nitrogens with zero attached hydrogens (tertiary/aromatic N) is 3. The van der Waals surface area contributed by atoms with Crippen LogP contribution in [0.4, 0.5) is 5.69 Å². The van der Waals surface area contributed by atoms with Crippen molar-refractivity contribution in [1.29, 1.82) is 0 Å². The second kappa shape index (κ2) is 5.91. The van der Waals surface area contributed by atoms with Crippen LogP contribution in [0.3, 0.4) is 0 Å². The van der Waals surface area contributed by atoms with Gasteiger partial charge in [0.1, 0.15) is 5.69 Å². The Morgan fingerprint density at radius 3 is 2.57 bits per heavy atom. The maximum atomic E-state index is 12.7. The smallest absolute Gasteiger partial charge is 0.278 e. The summed E-state index contributed by atoms with van der Waals surface area (Å²) >= 11 is 0. The fraction of sp³-hybridized carbons (Fsp3) is 0.312. The van der Waals surface area contributed by atoms with Crippen LogP contribution in [0.1, 0.15) is 28.5 Å². The van der Waals surface area contributed by atoms with Crippen LogP contribution in [0.2, 0.25) is 0 Å². The quantitative estimate of drug-likeness (QED) is 0.867. The number of hydrogen-bond acceptors (Lipinski definition) is 3. The molecule has 110 valence electrons. The fourth-order valence-electron chi connectivity index (χ4n) is 2.19. The van der Waals surface area contributed by atoms with Gasteiger partial charge in [-0.3, -0.25) is 9.59 Å². The molecule has 0 bridgehead atoms. The van der Waals surface area contributed by atoms with Crippen LogP contribution in [-0.4, -0.2) is 22.2 Å². The van der Waals surface area contributed by atoms with Gasteiger partial charge in [0.25, 0.3) is 11.5 Å². The molecule has 0 spiro atoms. The molecule has 0 aliphatic rings. The molecule has 0 aliphatic heterocycles. The summed E-state index contributed by atoms with van der Waals surface area (Å²) in [6, 6.07) is 8.82. The zero-order chi connectivity index (χ0) is 15.6. The van der Waals surface area contributed by atoms with Crippen molar-refractivity contribution in [3.63, 3.8) is 0 Å². The molecule has 0 fully saturated rings. The number of rotatable bonds is 3. The predicted molar refractivity (Wildman–Crippen MR) is 82.7 cm³/mol. The lowest BCUT2D eigenvalue weighted by atomic mass is 10.1. The largest absolute Gasteiger partial charge is 0.307 e. The highest BCUT2D eigenvalue weighted by Gasteiger charge is 2.19. The summed E-state index contributed by atoms with van der Waals surface area (Å²) in [4.78, 5) is 25.7. The maximum absolute atomic E-state index is 12.7. The van der Waals surface area contributed by atoms with Gasteiger partial charge >= 0.3 is 0 Å². The van der Waals surface area contributed by atoms with Gasteiger partial charge in [-0.1, -0.05) is 12.1 Å². The molecule has 5 heteroatoms. The Hall–Kier alpha value is -2.43. The minimum atomic E-state index is -0.235. The molecule has 1 aromatic carbocycles. The van der Waals surface area contributed by atoms with Gasteiger partial charge in [-0.05, 0) is 44.0 Å². The van der Waals surface area contributed by atoms with Crippen molar-refractivity contribution in [3.05, 3.63) is 57.5 Å². The highest BCUT2D eigenvalue weighted by Crippen LogP contribution is 2.22. The Kier molecular flexibility index (Phi) is 4.21. The van der Waals surface area contributed by atoms with Crippen molar-refractivity contribution in [2.75, 3.05) is 11.4 Å². The minimum absolute atomic E-state index is 0.207. The van der Waals surface area contributed by atoms with Crippen LogP contribution < -0.4 is 10.5 Å². The highest BCUT2D eigenvalue weighted by molar-refractivity contribution is 6.05. The Bertz CT molecular complexity index is 735. The maximum Gasteiger partial charge on any atom is 0.278 e. The van der Waals surface area contributed by atoms with Gasteiger partial charge in [-0.25, -0.2) is 4.68 Å². The molecule has 0 saturated heterocycles. The summed E-state index contributed by atoms with van der Waals surface area (Å²) in [5.41, 5.74) is 3.02. The van der Waals surface area contributed by atoms with Crippen LogP contribution in [0.25, 0.3) is 0 Å². The molecule has 1 amide bonds. The van der Waals surface area contributed by atoms with E-state index in [0.717, 1.165) is 16.8 Å². The number of hydrogen-bond donors (Lipinski definition) is 0. The van der Waals surface area contributed by atoms with E-state index in [2.05, 4.69) is 5.10 Å². The number of aryl methyl sites for hydroxylation is 3. The average molecular weight is 285 g/mol. The first-order valence-corrected chi connectivity index (χ1v) is 6.87. The SMILES string of the molecule is CCN(C(=O)c1ccc(=O)n(C)n1)c1cc(C)ccc1C. The summed E-state index contributed by atoms with van der Waals surface area (Å²) in [5.74, 6) is -0.207. The van der Waals surface area contributed by atoms with E-state index in [9.17, 15) is 9.59 Å². The molecule has 5 nitrogen and oxygen atoms in total. The summed E-state index contributed by atoms with van der Waals surface area (Å²) < 4.78 is 1.17. The number of benzene rings is 1. The monoisotopic (exact) mass is 285 g/mol. The molecule has 0 saturated carbocycles. The molecule has 21 heavy (non-hydrogen) atoms. The van der Waals surface area contributed by atoms with E-state index < -0.39 is 0 Å². The van der Waals surface area contributed by atoms with Crippen LogP contribution in [0, 0.1) is 13.8 Å². The zero-order valence-electron chi connectivity index (χ0n) is 12.8. The van der Waals surface area contributed by atoms with Gasteiger partial charge in [0.05, 0.1) is 0 Å². The molecular weight excluding hydrogens is 266 g/mol. The second-order valence-electron chi connectivity index (χ2n) is 5.02. The number of anilines is 1. The first kappa shape index (κ1) is 15.0. The van der Waals surface area contributed by atoms with Crippen molar-refractivity contribution >= 4 is 11.6 Å². The molecule has 0 aliphatic carbocycles. The van der Waals surface area contributed by atoms with E-state index >= 15 is 0 Å². The van der Waals surface area contributed by atoms with Gasteiger partial charge in [0.15, 0.2) is 0 Å².